The highest BCUT2D eigenvalue weighted by Crippen LogP contribution is 2.19. The Morgan fingerprint density at radius 1 is 1.11 bits per heavy atom. The summed E-state index contributed by atoms with van der Waals surface area (Å²) in [6, 6.07) is 20.8. The van der Waals surface area contributed by atoms with Gasteiger partial charge in [0.05, 0.1) is 18.2 Å². The standard InChI is InChI=1S/C22H27N5/c1-2-24-22(25-17-19-10-8-18(16-23)9-11-19)26-20-12-14-27(15-13-20)21-6-4-3-5-7-21/h3-11,20H,2,12-15,17H2,1H3,(H2,24,25,26). The van der Waals surface area contributed by atoms with E-state index in [1.54, 1.807) is 0 Å². The highest BCUT2D eigenvalue weighted by molar-refractivity contribution is 5.80. The summed E-state index contributed by atoms with van der Waals surface area (Å²) in [5.74, 6) is 0.861. The molecule has 140 valence electrons. The minimum atomic E-state index is 0.434. The van der Waals surface area contributed by atoms with Crippen molar-refractivity contribution in [2.45, 2.75) is 32.4 Å². The van der Waals surface area contributed by atoms with Gasteiger partial charge >= 0.3 is 0 Å². The molecule has 27 heavy (non-hydrogen) atoms. The maximum atomic E-state index is 8.89. The third kappa shape index (κ3) is 5.49. The first kappa shape index (κ1) is 18.8. The molecule has 2 aromatic carbocycles. The van der Waals surface area contributed by atoms with E-state index in [9.17, 15) is 0 Å². The van der Waals surface area contributed by atoms with Gasteiger partial charge in [0.25, 0.3) is 0 Å². The maximum absolute atomic E-state index is 8.89. The molecule has 0 spiro atoms. The molecule has 1 saturated heterocycles. The van der Waals surface area contributed by atoms with Gasteiger partial charge in [-0.05, 0) is 49.6 Å². The van der Waals surface area contributed by atoms with E-state index in [-0.39, 0.29) is 0 Å². The lowest BCUT2D eigenvalue weighted by molar-refractivity contribution is 0.461. The summed E-state index contributed by atoms with van der Waals surface area (Å²) in [6.07, 6.45) is 2.19. The first-order valence-corrected chi connectivity index (χ1v) is 9.62. The van der Waals surface area contributed by atoms with Crippen molar-refractivity contribution in [3.8, 4) is 6.07 Å². The van der Waals surface area contributed by atoms with Crippen molar-refractivity contribution in [3.63, 3.8) is 0 Å². The van der Waals surface area contributed by atoms with Gasteiger partial charge in [-0.15, -0.1) is 0 Å². The molecular formula is C22H27N5. The Bertz CT molecular complexity index is 769. The fraction of sp³-hybridized carbons (Fsp3) is 0.364. The highest BCUT2D eigenvalue weighted by Gasteiger charge is 2.20. The average molecular weight is 361 g/mol. The van der Waals surface area contributed by atoms with Crippen LogP contribution in [-0.4, -0.2) is 31.6 Å². The van der Waals surface area contributed by atoms with Crippen molar-refractivity contribution in [2.24, 2.45) is 4.99 Å². The van der Waals surface area contributed by atoms with Crippen LogP contribution in [0.25, 0.3) is 0 Å². The maximum Gasteiger partial charge on any atom is 0.191 e. The molecule has 5 nitrogen and oxygen atoms in total. The number of guanidine groups is 1. The van der Waals surface area contributed by atoms with Crippen LogP contribution in [0.2, 0.25) is 0 Å². The van der Waals surface area contributed by atoms with Gasteiger partial charge < -0.3 is 15.5 Å². The third-order valence-corrected chi connectivity index (χ3v) is 4.80. The number of aliphatic imine (C=N–C) groups is 1. The summed E-state index contributed by atoms with van der Waals surface area (Å²) in [5.41, 5.74) is 3.08. The van der Waals surface area contributed by atoms with Crippen LogP contribution in [0.1, 0.15) is 30.9 Å². The summed E-state index contributed by atoms with van der Waals surface area (Å²) in [5, 5.41) is 15.8. The van der Waals surface area contributed by atoms with Gasteiger partial charge in [-0.25, -0.2) is 4.99 Å². The topological polar surface area (TPSA) is 63.5 Å². The molecule has 0 amide bonds. The molecule has 0 bridgehead atoms. The molecule has 0 radical (unpaired) electrons. The molecule has 0 aliphatic carbocycles. The SMILES string of the molecule is CCNC(=NCc1ccc(C#N)cc1)NC1CCN(c2ccccc2)CC1. The number of nitriles is 1. The predicted octanol–water partition coefficient (Wildman–Crippen LogP) is 3.28. The molecule has 2 aromatic rings. The van der Waals surface area contributed by atoms with E-state index < -0.39 is 0 Å². The Morgan fingerprint density at radius 2 is 1.81 bits per heavy atom. The predicted molar refractivity (Wildman–Crippen MR) is 111 cm³/mol. The lowest BCUT2D eigenvalue weighted by Gasteiger charge is -2.34. The van der Waals surface area contributed by atoms with E-state index in [1.165, 1.54) is 5.69 Å². The normalized spacial score (nSPS) is 15.3. The molecule has 5 heteroatoms. The molecule has 0 unspecified atom stereocenters. The lowest BCUT2D eigenvalue weighted by atomic mass is 10.0. The van der Waals surface area contributed by atoms with Crippen molar-refractivity contribution in [3.05, 3.63) is 65.7 Å². The van der Waals surface area contributed by atoms with Crippen molar-refractivity contribution in [2.75, 3.05) is 24.5 Å². The third-order valence-electron chi connectivity index (χ3n) is 4.80. The largest absolute Gasteiger partial charge is 0.371 e. The quantitative estimate of drug-likeness (QED) is 0.634. The van der Waals surface area contributed by atoms with Crippen LogP contribution in [0.5, 0.6) is 0 Å². The van der Waals surface area contributed by atoms with E-state index in [2.05, 4.69) is 58.9 Å². The van der Waals surface area contributed by atoms with E-state index in [4.69, 9.17) is 10.3 Å². The second-order valence-corrected chi connectivity index (χ2v) is 6.75. The number of piperidine rings is 1. The molecule has 1 aliphatic heterocycles. The molecule has 1 aliphatic rings. The summed E-state index contributed by atoms with van der Waals surface area (Å²) in [6.45, 7) is 5.62. The molecule has 1 fully saturated rings. The highest BCUT2D eigenvalue weighted by atomic mass is 15.2. The fourth-order valence-corrected chi connectivity index (χ4v) is 3.29. The number of benzene rings is 2. The van der Waals surface area contributed by atoms with Crippen LogP contribution >= 0.6 is 0 Å². The number of rotatable bonds is 5. The van der Waals surface area contributed by atoms with Gasteiger partial charge in [-0.2, -0.15) is 5.26 Å². The van der Waals surface area contributed by atoms with E-state index >= 15 is 0 Å². The first-order chi connectivity index (χ1) is 13.3. The van der Waals surface area contributed by atoms with Crippen LogP contribution in [0, 0.1) is 11.3 Å². The monoisotopic (exact) mass is 361 g/mol. The van der Waals surface area contributed by atoms with Gasteiger partial charge in [0.1, 0.15) is 0 Å². The number of para-hydroxylation sites is 1. The zero-order chi connectivity index (χ0) is 18.9. The molecular weight excluding hydrogens is 334 g/mol. The van der Waals surface area contributed by atoms with Crippen LogP contribution < -0.4 is 15.5 Å². The minimum Gasteiger partial charge on any atom is -0.371 e. The van der Waals surface area contributed by atoms with Crippen LogP contribution in [0.15, 0.2) is 59.6 Å². The van der Waals surface area contributed by atoms with Crippen LogP contribution in [0.3, 0.4) is 0 Å². The fourth-order valence-electron chi connectivity index (χ4n) is 3.29. The number of hydrogen-bond acceptors (Lipinski definition) is 3. The zero-order valence-electron chi connectivity index (χ0n) is 15.9. The van der Waals surface area contributed by atoms with E-state index in [0.29, 0.717) is 18.2 Å². The summed E-state index contributed by atoms with van der Waals surface area (Å²) < 4.78 is 0. The Labute approximate surface area is 161 Å². The Balaban J connectivity index is 1.54. The summed E-state index contributed by atoms with van der Waals surface area (Å²) in [7, 11) is 0. The molecule has 0 atom stereocenters. The number of hydrogen-bond donors (Lipinski definition) is 2. The lowest BCUT2D eigenvalue weighted by Crippen LogP contribution is -2.48. The Morgan fingerprint density at radius 3 is 2.44 bits per heavy atom. The zero-order valence-corrected chi connectivity index (χ0v) is 15.9. The molecule has 2 N–H and O–H groups in total. The summed E-state index contributed by atoms with van der Waals surface area (Å²) >= 11 is 0. The van der Waals surface area contributed by atoms with Crippen molar-refractivity contribution < 1.29 is 0 Å². The van der Waals surface area contributed by atoms with Crippen LogP contribution in [0.4, 0.5) is 5.69 Å². The molecule has 3 rings (SSSR count). The van der Waals surface area contributed by atoms with Gasteiger partial charge in [-0.1, -0.05) is 30.3 Å². The van der Waals surface area contributed by atoms with Gasteiger partial charge in [-0.3, -0.25) is 0 Å². The van der Waals surface area contributed by atoms with E-state index in [0.717, 1.165) is 44.0 Å². The van der Waals surface area contributed by atoms with Crippen LogP contribution in [-0.2, 0) is 6.54 Å². The second-order valence-electron chi connectivity index (χ2n) is 6.75. The number of anilines is 1. The number of nitrogens with zero attached hydrogens (tertiary/aromatic N) is 3. The molecule has 0 saturated carbocycles. The minimum absolute atomic E-state index is 0.434. The Hall–Kier alpha value is -3.00. The molecule has 1 heterocycles. The second kappa shape index (κ2) is 9.63. The van der Waals surface area contributed by atoms with Crippen molar-refractivity contribution in [1.82, 2.24) is 10.6 Å². The van der Waals surface area contributed by atoms with E-state index in [1.807, 2.05) is 24.3 Å². The average Bonchev–Trinajstić information content (AvgIpc) is 2.74. The number of nitrogens with one attached hydrogen (secondary N) is 2. The molecule has 0 aromatic heterocycles. The van der Waals surface area contributed by atoms with Crippen molar-refractivity contribution >= 4 is 11.6 Å². The Kier molecular flexibility index (Phi) is 6.70. The first-order valence-electron chi connectivity index (χ1n) is 9.62. The summed E-state index contributed by atoms with van der Waals surface area (Å²) in [4.78, 5) is 7.15. The van der Waals surface area contributed by atoms with Gasteiger partial charge in [0.15, 0.2) is 5.96 Å². The smallest absolute Gasteiger partial charge is 0.191 e. The van der Waals surface area contributed by atoms with Crippen molar-refractivity contribution in [1.29, 1.82) is 5.26 Å². The van der Waals surface area contributed by atoms with Gasteiger partial charge in [0.2, 0.25) is 0 Å². The van der Waals surface area contributed by atoms with Gasteiger partial charge in [0, 0.05) is 31.4 Å².